The molecule has 0 amide bonds. The van der Waals surface area contributed by atoms with Gasteiger partial charge in [0.15, 0.2) is 0 Å². The first-order valence-corrected chi connectivity index (χ1v) is 6.83. The Balaban J connectivity index is 2.16. The van der Waals surface area contributed by atoms with Crippen molar-refractivity contribution >= 4 is 16.7 Å². The average molecular weight is 312 g/mol. The number of non-ortho nitro benzene ring substituents is 1. The van der Waals surface area contributed by atoms with Crippen LogP contribution in [0.2, 0.25) is 0 Å². The van der Waals surface area contributed by atoms with Gasteiger partial charge in [-0.15, -0.1) is 0 Å². The fourth-order valence-electron chi connectivity index (χ4n) is 2.28. The Morgan fingerprint density at radius 3 is 2.48 bits per heavy atom. The number of nitro groups is 1. The SMILES string of the molecule is Cc1ccc(Cn2c(=O)oc3ccc([N+](=O)[O-])cc3c2=O)cc1. The summed E-state index contributed by atoms with van der Waals surface area (Å²) in [6.07, 6.45) is 0. The molecule has 0 atom stereocenters. The Kier molecular flexibility index (Phi) is 3.53. The molecule has 0 saturated heterocycles. The summed E-state index contributed by atoms with van der Waals surface area (Å²) >= 11 is 0. The topological polar surface area (TPSA) is 95.3 Å². The Hall–Kier alpha value is -3.22. The molecule has 0 aliphatic heterocycles. The van der Waals surface area contributed by atoms with Crippen LogP contribution in [0.3, 0.4) is 0 Å². The van der Waals surface area contributed by atoms with Crippen LogP contribution in [0.15, 0.2) is 56.5 Å². The van der Waals surface area contributed by atoms with Crippen molar-refractivity contribution in [3.05, 3.63) is 84.6 Å². The van der Waals surface area contributed by atoms with Gasteiger partial charge in [0.05, 0.1) is 16.9 Å². The molecule has 0 saturated carbocycles. The van der Waals surface area contributed by atoms with Crippen molar-refractivity contribution in [1.29, 1.82) is 0 Å². The third kappa shape index (κ3) is 2.76. The van der Waals surface area contributed by atoms with Crippen LogP contribution in [0, 0.1) is 17.0 Å². The molecule has 0 fully saturated rings. The van der Waals surface area contributed by atoms with Crippen LogP contribution in [-0.4, -0.2) is 9.49 Å². The molecule has 0 radical (unpaired) electrons. The molecule has 1 aromatic heterocycles. The second kappa shape index (κ2) is 5.53. The highest BCUT2D eigenvalue weighted by Crippen LogP contribution is 2.17. The Labute approximate surface area is 129 Å². The molecular weight excluding hydrogens is 300 g/mol. The molecule has 7 heteroatoms. The Morgan fingerprint density at radius 1 is 1.13 bits per heavy atom. The van der Waals surface area contributed by atoms with E-state index in [-0.39, 0.29) is 23.2 Å². The Morgan fingerprint density at radius 2 is 1.83 bits per heavy atom. The highest BCUT2D eigenvalue weighted by molar-refractivity contribution is 5.78. The molecule has 7 nitrogen and oxygen atoms in total. The molecule has 0 bridgehead atoms. The van der Waals surface area contributed by atoms with Crippen LogP contribution in [-0.2, 0) is 6.54 Å². The molecule has 0 spiro atoms. The molecule has 0 N–H and O–H groups in total. The zero-order valence-corrected chi connectivity index (χ0v) is 12.2. The lowest BCUT2D eigenvalue weighted by Crippen LogP contribution is -2.32. The third-order valence-corrected chi connectivity index (χ3v) is 3.53. The van der Waals surface area contributed by atoms with E-state index in [4.69, 9.17) is 4.42 Å². The summed E-state index contributed by atoms with van der Waals surface area (Å²) in [6, 6.07) is 10.9. The fraction of sp³-hybridized carbons (Fsp3) is 0.125. The zero-order valence-electron chi connectivity index (χ0n) is 12.2. The summed E-state index contributed by atoms with van der Waals surface area (Å²) in [5, 5.41) is 10.8. The number of hydrogen-bond acceptors (Lipinski definition) is 5. The number of hydrogen-bond donors (Lipinski definition) is 0. The van der Waals surface area contributed by atoms with Gasteiger partial charge in [0, 0.05) is 12.1 Å². The lowest BCUT2D eigenvalue weighted by atomic mass is 10.1. The quantitative estimate of drug-likeness (QED) is 0.546. The number of benzene rings is 2. The molecule has 0 aliphatic rings. The zero-order chi connectivity index (χ0) is 16.6. The van der Waals surface area contributed by atoms with Gasteiger partial charge < -0.3 is 4.42 Å². The first-order valence-electron chi connectivity index (χ1n) is 6.83. The van der Waals surface area contributed by atoms with Crippen molar-refractivity contribution < 1.29 is 9.34 Å². The van der Waals surface area contributed by atoms with Crippen LogP contribution in [0.25, 0.3) is 11.0 Å². The first kappa shape index (κ1) is 14.7. The van der Waals surface area contributed by atoms with Crippen LogP contribution < -0.4 is 11.3 Å². The largest absolute Gasteiger partial charge is 0.422 e. The van der Waals surface area contributed by atoms with Gasteiger partial charge in [0.1, 0.15) is 5.58 Å². The lowest BCUT2D eigenvalue weighted by molar-refractivity contribution is -0.384. The first-order chi connectivity index (χ1) is 11.0. The summed E-state index contributed by atoms with van der Waals surface area (Å²) in [5.74, 6) is -0.795. The molecule has 0 unspecified atom stereocenters. The second-order valence-electron chi connectivity index (χ2n) is 5.18. The highest BCUT2D eigenvalue weighted by atomic mass is 16.6. The van der Waals surface area contributed by atoms with Crippen LogP contribution in [0.4, 0.5) is 5.69 Å². The number of fused-ring (bicyclic) bond motifs is 1. The molecule has 3 aromatic rings. The van der Waals surface area contributed by atoms with Gasteiger partial charge in [-0.3, -0.25) is 14.9 Å². The lowest BCUT2D eigenvalue weighted by Gasteiger charge is -2.06. The minimum absolute atomic E-state index is 0.00547. The van der Waals surface area contributed by atoms with Crippen molar-refractivity contribution in [1.82, 2.24) is 4.57 Å². The second-order valence-corrected chi connectivity index (χ2v) is 5.18. The predicted octanol–water partition coefficient (Wildman–Crippen LogP) is 2.22. The highest BCUT2D eigenvalue weighted by Gasteiger charge is 2.14. The van der Waals surface area contributed by atoms with E-state index in [9.17, 15) is 19.7 Å². The van der Waals surface area contributed by atoms with E-state index in [1.807, 2.05) is 19.1 Å². The molecular formula is C16H12N2O5. The van der Waals surface area contributed by atoms with E-state index in [1.165, 1.54) is 12.1 Å². The normalized spacial score (nSPS) is 10.8. The summed E-state index contributed by atoms with van der Waals surface area (Å²) in [5.41, 5.74) is 1.01. The van der Waals surface area contributed by atoms with Gasteiger partial charge in [-0.1, -0.05) is 29.8 Å². The minimum atomic E-state index is -0.795. The smallest absolute Gasteiger partial charge is 0.409 e. The maximum absolute atomic E-state index is 12.5. The molecule has 116 valence electrons. The van der Waals surface area contributed by atoms with Crippen molar-refractivity contribution in [3.63, 3.8) is 0 Å². The van der Waals surface area contributed by atoms with Crippen molar-refractivity contribution in [2.24, 2.45) is 0 Å². The van der Waals surface area contributed by atoms with Crippen LogP contribution in [0.5, 0.6) is 0 Å². The molecule has 1 heterocycles. The molecule has 3 rings (SSSR count). The summed E-state index contributed by atoms with van der Waals surface area (Å²) in [4.78, 5) is 34.7. The maximum Gasteiger partial charge on any atom is 0.422 e. The van der Waals surface area contributed by atoms with Crippen molar-refractivity contribution in [3.8, 4) is 0 Å². The number of aryl methyl sites for hydroxylation is 1. The maximum atomic E-state index is 12.5. The summed E-state index contributed by atoms with van der Waals surface area (Å²) in [7, 11) is 0. The van der Waals surface area contributed by atoms with E-state index < -0.39 is 16.2 Å². The van der Waals surface area contributed by atoms with Crippen LogP contribution >= 0.6 is 0 Å². The molecule has 23 heavy (non-hydrogen) atoms. The monoisotopic (exact) mass is 312 g/mol. The summed E-state index contributed by atoms with van der Waals surface area (Å²) in [6.45, 7) is 1.97. The van der Waals surface area contributed by atoms with Crippen molar-refractivity contribution in [2.75, 3.05) is 0 Å². The number of nitrogens with zero attached hydrogens (tertiary/aromatic N) is 2. The van der Waals surface area contributed by atoms with Gasteiger partial charge in [-0.2, -0.15) is 0 Å². The summed E-state index contributed by atoms with van der Waals surface area (Å²) < 4.78 is 6.02. The van der Waals surface area contributed by atoms with Crippen molar-refractivity contribution in [2.45, 2.75) is 13.5 Å². The Bertz CT molecular complexity index is 1020. The average Bonchev–Trinajstić information content (AvgIpc) is 2.53. The number of nitro benzene ring substituents is 1. The number of rotatable bonds is 3. The third-order valence-electron chi connectivity index (χ3n) is 3.53. The van der Waals surface area contributed by atoms with Gasteiger partial charge in [0.25, 0.3) is 11.2 Å². The van der Waals surface area contributed by atoms with E-state index >= 15 is 0 Å². The van der Waals surface area contributed by atoms with E-state index in [0.29, 0.717) is 0 Å². The minimum Gasteiger partial charge on any atom is -0.409 e. The van der Waals surface area contributed by atoms with Crippen LogP contribution in [0.1, 0.15) is 11.1 Å². The van der Waals surface area contributed by atoms with E-state index in [1.54, 1.807) is 12.1 Å². The number of aromatic nitrogens is 1. The predicted molar refractivity (Wildman–Crippen MR) is 83.7 cm³/mol. The van der Waals surface area contributed by atoms with Gasteiger partial charge in [0.2, 0.25) is 0 Å². The van der Waals surface area contributed by atoms with Gasteiger partial charge in [-0.25, -0.2) is 9.36 Å². The molecule has 0 aliphatic carbocycles. The van der Waals surface area contributed by atoms with Gasteiger partial charge >= 0.3 is 5.76 Å². The molecule has 2 aromatic carbocycles. The van der Waals surface area contributed by atoms with E-state index in [2.05, 4.69) is 0 Å². The fourth-order valence-corrected chi connectivity index (χ4v) is 2.28. The van der Waals surface area contributed by atoms with Gasteiger partial charge in [-0.05, 0) is 18.6 Å². The standard InChI is InChI=1S/C16H12N2O5/c1-10-2-4-11(5-3-10)9-17-15(19)13-8-12(18(21)22)6-7-14(13)23-16(17)20/h2-8H,9H2,1H3. The van der Waals surface area contributed by atoms with E-state index in [0.717, 1.165) is 21.8 Å².